The van der Waals surface area contributed by atoms with Crippen LogP contribution in [0.2, 0.25) is 0 Å². The number of carbonyl (C=O) groups excluding carboxylic acids is 3. The molecule has 1 aromatic carbocycles. The van der Waals surface area contributed by atoms with Crippen molar-refractivity contribution < 1.29 is 23.6 Å². The molecule has 11 nitrogen and oxygen atoms in total. The van der Waals surface area contributed by atoms with Crippen molar-refractivity contribution in [3.63, 3.8) is 0 Å². The zero-order valence-corrected chi connectivity index (χ0v) is 24.1. The number of primary amides is 1. The number of ether oxygens (including phenoxy) is 1. The van der Waals surface area contributed by atoms with E-state index in [0.29, 0.717) is 50.6 Å². The third-order valence-electron chi connectivity index (χ3n) is 7.78. The molecule has 2 saturated heterocycles. The maximum atomic E-state index is 14.4. The third-order valence-corrected chi connectivity index (χ3v) is 7.78. The van der Waals surface area contributed by atoms with Crippen LogP contribution in [0.15, 0.2) is 41.1 Å². The van der Waals surface area contributed by atoms with Gasteiger partial charge in [0.25, 0.3) is 5.91 Å². The lowest BCUT2D eigenvalue weighted by atomic mass is 9.94. The number of piperidine rings is 2. The van der Waals surface area contributed by atoms with Crippen LogP contribution in [0.5, 0.6) is 0 Å². The zero-order chi connectivity index (χ0) is 29.3. The minimum Gasteiger partial charge on any atom is -0.444 e. The molecule has 5 rings (SSSR count). The summed E-state index contributed by atoms with van der Waals surface area (Å²) in [6.07, 6.45) is 4.15. The number of rotatable bonds is 4. The number of aromatic nitrogens is 2. The van der Waals surface area contributed by atoms with Crippen molar-refractivity contribution in [2.75, 3.05) is 31.1 Å². The highest BCUT2D eigenvalue weighted by atomic mass is 16.6. The standard InChI is InChI=1S/C30H38N6O5/c1-19-7-5-8-21-10-13-32-27(25(19)21)36(22-9-6-14-35(18-22)29(39)40-30(2,3)4)28(38)34-15-11-20(12-16-34)24-17-23(26(31)37)33-41-24/h5,7-8,10,13,17,20,22H,6,9,11-12,14-16,18H2,1-4H3,(H2,31,37)/t22-/m1/s1. The summed E-state index contributed by atoms with van der Waals surface area (Å²) in [4.78, 5) is 48.9. The maximum absolute atomic E-state index is 14.4. The van der Waals surface area contributed by atoms with Crippen molar-refractivity contribution >= 4 is 34.6 Å². The van der Waals surface area contributed by atoms with E-state index in [1.807, 2.05) is 56.9 Å². The molecule has 2 fully saturated rings. The summed E-state index contributed by atoms with van der Waals surface area (Å²) in [6, 6.07) is 9.17. The third kappa shape index (κ3) is 6.13. The van der Waals surface area contributed by atoms with Gasteiger partial charge in [0.15, 0.2) is 5.69 Å². The predicted molar refractivity (Wildman–Crippen MR) is 154 cm³/mol. The molecule has 0 radical (unpaired) electrons. The van der Waals surface area contributed by atoms with E-state index in [1.54, 1.807) is 22.1 Å². The van der Waals surface area contributed by atoms with Gasteiger partial charge in [-0.15, -0.1) is 0 Å². The molecule has 4 heterocycles. The molecule has 0 bridgehead atoms. The van der Waals surface area contributed by atoms with Gasteiger partial charge < -0.3 is 24.8 Å². The van der Waals surface area contributed by atoms with Crippen molar-refractivity contribution in [1.29, 1.82) is 0 Å². The normalized spacial score (nSPS) is 18.4. The number of nitrogens with two attached hydrogens (primary N) is 1. The number of fused-ring (bicyclic) bond motifs is 1. The van der Waals surface area contributed by atoms with E-state index in [2.05, 4.69) is 5.16 Å². The highest BCUT2D eigenvalue weighted by Gasteiger charge is 2.38. The number of amides is 4. The molecule has 4 amide bonds. The SMILES string of the molecule is Cc1cccc2ccnc(N(C(=O)N3CCC(c4cc(C(N)=O)no4)CC3)[C@@H]3CCCN(C(=O)OC(C)(C)C)C3)c12. The van der Waals surface area contributed by atoms with Crippen molar-refractivity contribution in [2.45, 2.75) is 70.9 Å². The fourth-order valence-corrected chi connectivity index (χ4v) is 5.75. The number of anilines is 1. The molecule has 2 aliphatic rings. The molecule has 0 aliphatic carbocycles. The van der Waals surface area contributed by atoms with Gasteiger partial charge in [0.1, 0.15) is 17.2 Å². The second kappa shape index (κ2) is 11.4. The number of urea groups is 1. The van der Waals surface area contributed by atoms with Gasteiger partial charge in [0.05, 0.1) is 6.04 Å². The summed E-state index contributed by atoms with van der Waals surface area (Å²) in [5.41, 5.74) is 5.85. The fraction of sp³-hybridized carbons (Fsp3) is 0.500. The van der Waals surface area contributed by atoms with Gasteiger partial charge >= 0.3 is 12.1 Å². The molecular weight excluding hydrogens is 524 g/mol. The number of carbonyl (C=O) groups is 3. The Bertz CT molecular complexity index is 1430. The van der Waals surface area contributed by atoms with Gasteiger partial charge in [-0.3, -0.25) is 9.69 Å². The molecule has 2 N–H and O–H groups in total. The van der Waals surface area contributed by atoms with Gasteiger partial charge in [-0.25, -0.2) is 14.6 Å². The van der Waals surface area contributed by atoms with Gasteiger partial charge in [0.2, 0.25) is 0 Å². The van der Waals surface area contributed by atoms with Crippen molar-refractivity contribution in [2.24, 2.45) is 5.73 Å². The summed E-state index contributed by atoms with van der Waals surface area (Å²) in [5, 5.41) is 5.69. The Kier molecular flexibility index (Phi) is 7.88. The summed E-state index contributed by atoms with van der Waals surface area (Å²) in [5.74, 6) is 0.608. The van der Waals surface area contributed by atoms with Crippen LogP contribution in [0.1, 0.15) is 74.2 Å². The minimum atomic E-state index is -0.631. The first-order valence-corrected chi connectivity index (χ1v) is 14.2. The highest BCUT2D eigenvalue weighted by molar-refractivity contribution is 6.03. The number of pyridine rings is 1. The molecule has 1 atom stereocenters. The lowest BCUT2D eigenvalue weighted by molar-refractivity contribution is 0.0197. The number of hydrogen-bond acceptors (Lipinski definition) is 7. The molecule has 11 heteroatoms. The van der Waals surface area contributed by atoms with E-state index in [0.717, 1.165) is 29.2 Å². The molecule has 2 aromatic heterocycles. The largest absolute Gasteiger partial charge is 0.444 e. The van der Waals surface area contributed by atoms with Crippen LogP contribution in [-0.4, -0.2) is 75.8 Å². The van der Waals surface area contributed by atoms with Gasteiger partial charge in [-0.2, -0.15) is 0 Å². The van der Waals surface area contributed by atoms with Crippen LogP contribution in [0.3, 0.4) is 0 Å². The Morgan fingerprint density at radius 3 is 2.51 bits per heavy atom. The predicted octanol–water partition coefficient (Wildman–Crippen LogP) is 4.84. The van der Waals surface area contributed by atoms with Gasteiger partial charge in [-0.1, -0.05) is 23.4 Å². The maximum Gasteiger partial charge on any atom is 0.410 e. The number of benzene rings is 1. The monoisotopic (exact) mass is 562 g/mol. The summed E-state index contributed by atoms with van der Waals surface area (Å²) < 4.78 is 11.0. The molecule has 0 unspecified atom stereocenters. The first-order valence-electron chi connectivity index (χ1n) is 14.2. The Labute approximate surface area is 239 Å². The van der Waals surface area contributed by atoms with Crippen LogP contribution in [0.25, 0.3) is 10.8 Å². The average Bonchev–Trinajstić information content (AvgIpc) is 3.44. The fourth-order valence-electron chi connectivity index (χ4n) is 5.75. The van der Waals surface area contributed by atoms with E-state index in [4.69, 9.17) is 20.0 Å². The lowest BCUT2D eigenvalue weighted by Gasteiger charge is -2.42. The summed E-state index contributed by atoms with van der Waals surface area (Å²) in [7, 11) is 0. The number of nitrogens with zero attached hydrogens (tertiary/aromatic N) is 5. The van der Waals surface area contributed by atoms with E-state index < -0.39 is 11.5 Å². The van der Waals surface area contributed by atoms with E-state index >= 15 is 0 Å². The molecule has 2 aliphatic heterocycles. The van der Waals surface area contributed by atoms with Crippen LogP contribution in [-0.2, 0) is 4.74 Å². The van der Waals surface area contributed by atoms with Crippen molar-refractivity contribution in [3.05, 3.63) is 53.5 Å². The zero-order valence-electron chi connectivity index (χ0n) is 24.1. The average molecular weight is 563 g/mol. The highest BCUT2D eigenvalue weighted by Crippen LogP contribution is 2.34. The topological polar surface area (TPSA) is 135 Å². The minimum absolute atomic E-state index is 0.0309. The molecule has 41 heavy (non-hydrogen) atoms. The molecule has 3 aromatic rings. The Morgan fingerprint density at radius 1 is 1.07 bits per heavy atom. The Morgan fingerprint density at radius 2 is 1.83 bits per heavy atom. The Hall–Kier alpha value is -4.15. The Balaban J connectivity index is 1.43. The number of hydrogen-bond donors (Lipinski definition) is 1. The van der Waals surface area contributed by atoms with Crippen LogP contribution < -0.4 is 10.6 Å². The quantitative estimate of drug-likeness (QED) is 0.481. The molecule has 0 saturated carbocycles. The molecule has 0 spiro atoms. The van der Waals surface area contributed by atoms with Crippen LogP contribution in [0.4, 0.5) is 15.4 Å². The summed E-state index contributed by atoms with van der Waals surface area (Å²) in [6.45, 7) is 9.50. The smallest absolute Gasteiger partial charge is 0.410 e. The van der Waals surface area contributed by atoms with Crippen molar-refractivity contribution in [3.8, 4) is 0 Å². The molecular formula is C30H38N6O5. The van der Waals surface area contributed by atoms with E-state index in [-0.39, 0.29) is 29.8 Å². The van der Waals surface area contributed by atoms with Crippen LogP contribution in [0, 0.1) is 6.92 Å². The summed E-state index contributed by atoms with van der Waals surface area (Å²) >= 11 is 0. The second-order valence-electron chi connectivity index (χ2n) is 11.9. The molecule has 218 valence electrons. The van der Waals surface area contributed by atoms with E-state index in [1.165, 1.54) is 0 Å². The number of likely N-dealkylation sites (tertiary alicyclic amines) is 2. The van der Waals surface area contributed by atoms with Crippen LogP contribution >= 0.6 is 0 Å². The van der Waals surface area contributed by atoms with Gasteiger partial charge in [0, 0.05) is 49.7 Å². The lowest BCUT2D eigenvalue weighted by Crippen LogP contribution is -2.56. The first-order chi connectivity index (χ1) is 19.5. The second-order valence-corrected chi connectivity index (χ2v) is 11.9. The van der Waals surface area contributed by atoms with Gasteiger partial charge in [-0.05, 0) is 70.4 Å². The van der Waals surface area contributed by atoms with E-state index in [9.17, 15) is 14.4 Å². The number of aryl methyl sites for hydroxylation is 1. The van der Waals surface area contributed by atoms with Crippen molar-refractivity contribution in [1.82, 2.24) is 19.9 Å². The first kappa shape index (κ1) is 28.4.